The van der Waals surface area contributed by atoms with E-state index < -0.39 is 27.1 Å². The topological polar surface area (TPSA) is 83.5 Å². The minimum absolute atomic E-state index is 0.0821. The third-order valence-corrected chi connectivity index (χ3v) is 5.68. The van der Waals surface area contributed by atoms with Crippen LogP contribution in [0.25, 0.3) is 0 Å². The lowest BCUT2D eigenvalue weighted by Gasteiger charge is -2.21. The van der Waals surface area contributed by atoms with Crippen LogP contribution in [0.5, 0.6) is 0 Å². The molecule has 1 fully saturated rings. The molecule has 0 saturated carbocycles. The van der Waals surface area contributed by atoms with Crippen LogP contribution in [-0.2, 0) is 14.6 Å². The largest absolute Gasteiger partial charge is 0.389 e. The van der Waals surface area contributed by atoms with E-state index in [9.17, 15) is 18.3 Å². The molecule has 2 unspecified atom stereocenters. The third kappa shape index (κ3) is 3.37. The van der Waals surface area contributed by atoms with E-state index >= 15 is 0 Å². The Kier molecular flexibility index (Phi) is 4.45. The number of carbonyl (C=O) groups is 1. The van der Waals surface area contributed by atoms with E-state index in [1.165, 1.54) is 0 Å². The van der Waals surface area contributed by atoms with Crippen molar-refractivity contribution in [2.24, 2.45) is 0 Å². The maximum absolute atomic E-state index is 12.1. The van der Waals surface area contributed by atoms with Gasteiger partial charge in [-0.1, -0.05) is 18.6 Å². The van der Waals surface area contributed by atoms with Crippen LogP contribution in [-0.4, -0.2) is 30.4 Å². The van der Waals surface area contributed by atoms with Crippen LogP contribution in [0.3, 0.4) is 0 Å². The molecule has 0 bridgehead atoms. The van der Waals surface area contributed by atoms with Gasteiger partial charge in [-0.05, 0) is 37.5 Å². The highest BCUT2D eigenvalue weighted by Gasteiger charge is 2.34. The van der Waals surface area contributed by atoms with Gasteiger partial charge in [-0.2, -0.15) is 0 Å². The van der Waals surface area contributed by atoms with Crippen molar-refractivity contribution in [2.75, 3.05) is 11.1 Å². The van der Waals surface area contributed by atoms with E-state index in [4.69, 9.17) is 0 Å². The van der Waals surface area contributed by atoms with Crippen molar-refractivity contribution < 1.29 is 18.3 Å². The lowest BCUT2D eigenvalue weighted by Crippen LogP contribution is -2.39. The summed E-state index contributed by atoms with van der Waals surface area (Å²) in [5, 5.41) is 11.2. The second-order valence-electron chi connectivity index (χ2n) is 5.14. The number of carbonyl (C=O) groups excluding carboxylic acids is 1. The highest BCUT2D eigenvalue weighted by atomic mass is 32.2. The molecule has 1 aliphatic heterocycles. The molecule has 1 heterocycles. The van der Waals surface area contributed by atoms with Crippen LogP contribution in [0.1, 0.15) is 37.9 Å². The number of hydrogen-bond acceptors (Lipinski definition) is 4. The van der Waals surface area contributed by atoms with Gasteiger partial charge in [-0.3, -0.25) is 4.79 Å². The zero-order chi connectivity index (χ0) is 14.8. The fourth-order valence-electron chi connectivity index (χ4n) is 2.35. The van der Waals surface area contributed by atoms with Crippen LogP contribution < -0.4 is 5.32 Å². The Morgan fingerprint density at radius 1 is 1.40 bits per heavy atom. The summed E-state index contributed by atoms with van der Waals surface area (Å²) >= 11 is 0. The predicted molar refractivity (Wildman–Crippen MR) is 77.1 cm³/mol. The number of sulfone groups is 1. The predicted octanol–water partition coefficient (Wildman–Crippen LogP) is 1.65. The van der Waals surface area contributed by atoms with Gasteiger partial charge in [0, 0.05) is 5.69 Å². The van der Waals surface area contributed by atoms with Crippen molar-refractivity contribution in [1.82, 2.24) is 0 Å². The van der Waals surface area contributed by atoms with Gasteiger partial charge in [0.05, 0.1) is 11.9 Å². The van der Waals surface area contributed by atoms with Gasteiger partial charge in [-0.15, -0.1) is 0 Å². The maximum atomic E-state index is 12.1. The van der Waals surface area contributed by atoms with E-state index in [0.29, 0.717) is 24.1 Å². The number of rotatable bonds is 3. The number of anilines is 1. The van der Waals surface area contributed by atoms with Gasteiger partial charge < -0.3 is 10.4 Å². The quantitative estimate of drug-likeness (QED) is 0.888. The van der Waals surface area contributed by atoms with E-state index in [1.807, 2.05) is 0 Å². The first-order valence-electron chi connectivity index (χ1n) is 6.70. The Bertz CT molecular complexity index is 595. The maximum Gasteiger partial charge on any atom is 0.242 e. The summed E-state index contributed by atoms with van der Waals surface area (Å²) in [7, 11) is -3.33. The van der Waals surface area contributed by atoms with Crippen molar-refractivity contribution >= 4 is 21.4 Å². The van der Waals surface area contributed by atoms with Crippen molar-refractivity contribution in [3.05, 3.63) is 29.8 Å². The summed E-state index contributed by atoms with van der Waals surface area (Å²) in [6, 6.07) is 6.79. The number of aliphatic hydroxyl groups is 1. The number of amides is 1. The number of nitrogens with one attached hydrogen (secondary N) is 1. The normalized spacial score (nSPS) is 23.0. The number of hydrogen-bond donors (Lipinski definition) is 2. The Labute approximate surface area is 118 Å². The van der Waals surface area contributed by atoms with Crippen LogP contribution in [0.4, 0.5) is 5.69 Å². The van der Waals surface area contributed by atoms with Crippen molar-refractivity contribution in [3.63, 3.8) is 0 Å². The summed E-state index contributed by atoms with van der Waals surface area (Å²) in [5.74, 6) is -0.397. The SMILES string of the molecule is CC(O)c1cccc(NC(=O)C2CCCCS2(=O)=O)c1. The van der Waals surface area contributed by atoms with Gasteiger partial charge in [0.1, 0.15) is 5.25 Å². The molecule has 1 saturated heterocycles. The molecule has 1 amide bonds. The highest BCUT2D eigenvalue weighted by Crippen LogP contribution is 2.22. The summed E-state index contributed by atoms with van der Waals surface area (Å²) in [6.45, 7) is 1.63. The smallest absolute Gasteiger partial charge is 0.242 e. The van der Waals surface area contributed by atoms with Crippen LogP contribution >= 0.6 is 0 Å². The van der Waals surface area contributed by atoms with Gasteiger partial charge in [0.15, 0.2) is 9.84 Å². The Hall–Kier alpha value is -1.40. The zero-order valence-electron chi connectivity index (χ0n) is 11.4. The molecular formula is C14H19NO4S. The molecule has 2 N–H and O–H groups in total. The van der Waals surface area contributed by atoms with Crippen molar-refractivity contribution in [1.29, 1.82) is 0 Å². The first-order valence-corrected chi connectivity index (χ1v) is 8.42. The molecule has 110 valence electrons. The number of aliphatic hydroxyl groups excluding tert-OH is 1. The standard InChI is InChI=1S/C14H19NO4S/c1-10(16)11-5-4-6-12(9-11)15-14(17)13-7-2-3-8-20(13,18)19/h4-6,9-10,13,16H,2-3,7-8H2,1H3,(H,15,17). The van der Waals surface area contributed by atoms with Crippen LogP contribution in [0.2, 0.25) is 0 Å². The van der Waals surface area contributed by atoms with Crippen molar-refractivity contribution in [3.8, 4) is 0 Å². The summed E-state index contributed by atoms with van der Waals surface area (Å²) in [6.07, 6.45) is 1.13. The molecule has 5 nitrogen and oxygen atoms in total. The minimum Gasteiger partial charge on any atom is -0.389 e. The fraction of sp³-hybridized carbons (Fsp3) is 0.500. The molecule has 20 heavy (non-hydrogen) atoms. The lowest BCUT2D eigenvalue weighted by atomic mass is 10.1. The average molecular weight is 297 g/mol. The van der Waals surface area contributed by atoms with Crippen LogP contribution in [0, 0.1) is 0 Å². The molecule has 6 heteroatoms. The average Bonchev–Trinajstić information content (AvgIpc) is 2.38. The number of benzene rings is 1. The molecule has 1 aromatic rings. The molecule has 0 spiro atoms. The minimum atomic E-state index is -3.33. The van der Waals surface area contributed by atoms with E-state index in [0.717, 1.165) is 6.42 Å². The fourth-order valence-corrected chi connectivity index (χ4v) is 4.15. The van der Waals surface area contributed by atoms with E-state index in [1.54, 1.807) is 31.2 Å². The molecule has 0 aliphatic carbocycles. The molecular weight excluding hydrogens is 278 g/mol. The van der Waals surface area contributed by atoms with Gasteiger partial charge in [-0.25, -0.2) is 8.42 Å². The van der Waals surface area contributed by atoms with Crippen molar-refractivity contribution in [2.45, 2.75) is 37.5 Å². The Balaban J connectivity index is 2.13. The van der Waals surface area contributed by atoms with Gasteiger partial charge in [0.25, 0.3) is 0 Å². The molecule has 1 aliphatic rings. The third-order valence-electron chi connectivity index (χ3n) is 3.51. The summed E-state index contributed by atoms with van der Waals surface area (Å²) in [5.41, 5.74) is 1.18. The van der Waals surface area contributed by atoms with E-state index in [2.05, 4.69) is 5.32 Å². The van der Waals surface area contributed by atoms with Gasteiger partial charge in [0.2, 0.25) is 5.91 Å². The highest BCUT2D eigenvalue weighted by molar-refractivity contribution is 7.92. The molecule has 0 radical (unpaired) electrons. The first-order chi connectivity index (χ1) is 9.40. The monoisotopic (exact) mass is 297 g/mol. The molecule has 2 rings (SSSR count). The van der Waals surface area contributed by atoms with Gasteiger partial charge >= 0.3 is 0 Å². The molecule has 0 aromatic heterocycles. The Morgan fingerprint density at radius 2 is 2.15 bits per heavy atom. The second kappa shape index (κ2) is 5.93. The Morgan fingerprint density at radius 3 is 2.80 bits per heavy atom. The zero-order valence-corrected chi connectivity index (χ0v) is 12.2. The first kappa shape index (κ1) is 15.0. The summed E-state index contributed by atoms with van der Waals surface area (Å²) in [4.78, 5) is 12.1. The second-order valence-corrected chi connectivity index (χ2v) is 7.45. The summed E-state index contributed by atoms with van der Waals surface area (Å²) < 4.78 is 23.8. The molecule has 1 aromatic carbocycles. The lowest BCUT2D eigenvalue weighted by molar-refractivity contribution is -0.116. The van der Waals surface area contributed by atoms with E-state index in [-0.39, 0.29) is 5.75 Å². The van der Waals surface area contributed by atoms with Crippen LogP contribution in [0.15, 0.2) is 24.3 Å². The molecule has 2 atom stereocenters.